The molecule has 1 aliphatic heterocycles. The highest BCUT2D eigenvalue weighted by Crippen LogP contribution is 2.06. The summed E-state index contributed by atoms with van der Waals surface area (Å²) in [4.78, 5) is 15.8. The molecule has 4 nitrogen and oxygen atoms in total. The first kappa shape index (κ1) is 14.5. The van der Waals surface area contributed by atoms with Gasteiger partial charge in [0, 0.05) is 33.1 Å². The second-order valence-corrected chi connectivity index (χ2v) is 5.07. The maximum absolute atomic E-state index is 11.3. The van der Waals surface area contributed by atoms with Crippen molar-refractivity contribution in [1.29, 1.82) is 0 Å². The number of hydrogen-bond acceptors (Lipinski definition) is 3. The van der Waals surface area contributed by atoms with Crippen LogP contribution in [0.3, 0.4) is 0 Å². The van der Waals surface area contributed by atoms with Gasteiger partial charge in [-0.15, -0.1) is 0 Å². The third kappa shape index (κ3) is 5.50. The van der Waals surface area contributed by atoms with Crippen LogP contribution < -0.4 is 5.32 Å². The Morgan fingerprint density at radius 1 is 1.29 bits per heavy atom. The van der Waals surface area contributed by atoms with E-state index < -0.39 is 0 Å². The van der Waals surface area contributed by atoms with E-state index in [0.29, 0.717) is 5.92 Å². The number of amides is 1. The van der Waals surface area contributed by atoms with Crippen LogP contribution in [0.5, 0.6) is 0 Å². The largest absolute Gasteiger partial charge is 0.342 e. The van der Waals surface area contributed by atoms with Gasteiger partial charge < -0.3 is 15.1 Å². The van der Waals surface area contributed by atoms with Gasteiger partial charge in [0.2, 0.25) is 5.91 Å². The van der Waals surface area contributed by atoms with Crippen LogP contribution in [0, 0.1) is 5.92 Å². The molecule has 1 heterocycles. The van der Waals surface area contributed by atoms with E-state index in [4.69, 9.17) is 0 Å². The van der Waals surface area contributed by atoms with Gasteiger partial charge in [-0.05, 0) is 32.0 Å². The van der Waals surface area contributed by atoms with Crippen LogP contribution in [-0.4, -0.2) is 61.5 Å². The van der Waals surface area contributed by atoms with Gasteiger partial charge in [0.1, 0.15) is 0 Å². The Balaban J connectivity index is 2.28. The third-order valence-electron chi connectivity index (χ3n) is 3.35. The predicted molar refractivity (Wildman–Crippen MR) is 71.0 cm³/mol. The fourth-order valence-corrected chi connectivity index (χ4v) is 2.36. The molecule has 1 amide bonds. The van der Waals surface area contributed by atoms with Crippen molar-refractivity contribution in [3.63, 3.8) is 0 Å². The molecule has 0 radical (unpaired) electrons. The van der Waals surface area contributed by atoms with Crippen molar-refractivity contribution in [3.05, 3.63) is 0 Å². The Kier molecular flexibility index (Phi) is 6.52. The lowest BCUT2D eigenvalue weighted by Gasteiger charge is -2.24. The minimum Gasteiger partial charge on any atom is -0.342 e. The molecular formula is C13H27N3O. The Morgan fingerprint density at radius 3 is 2.71 bits per heavy atom. The van der Waals surface area contributed by atoms with Gasteiger partial charge >= 0.3 is 0 Å². The molecular weight excluding hydrogens is 214 g/mol. The lowest BCUT2D eigenvalue weighted by atomic mass is 10.1. The van der Waals surface area contributed by atoms with Crippen molar-refractivity contribution < 1.29 is 4.79 Å². The number of nitrogens with one attached hydrogen (secondary N) is 1. The maximum atomic E-state index is 11.3. The van der Waals surface area contributed by atoms with Crippen molar-refractivity contribution >= 4 is 5.91 Å². The quantitative estimate of drug-likeness (QED) is 0.773. The normalized spacial score (nSPS) is 20.1. The first-order chi connectivity index (χ1) is 8.13. The molecule has 0 spiro atoms. The summed E-state index contributed by atoms with van der Waals surface area (Å²) in [5, 5.41) is 3.39. The van der Waals surface area contributed by atoms with Crippen LogP contribution >= 0.6 is 0 Å². The second kappa shape index (κ2) is 7.67. The molecule has 17 heavy (non-hydrogen) atoms. The summed E-state index contributed by atoms with van der Waals surface area (Å²) in [7, 11) is 0. The molecule has 4 heteroatoms. The van der Waals surface area contributed by atoms with E-state index >= 15 is 0 Å². The molecule has 1 rings (SSSR count). The highest BCUT2D eigenvalue weighted by atomic mass is 16.2. The minimum atomic E-state index is 0.215. The summed E-state index contributed by atoms with van der Waals surface area (Å²) < 4.78 is 0. The molecule has 1 saturated heterocycles. The lowest BCUT2D eigenvalue weighted by molar-refractivity contribution is -0.128. The average molecular weight is 241 g/mol. The summed E-state index contributed by atoms with van der Waals surface area (Å²) >= 11 is 0. The van der Waals surface area contributed by atoms with Crippen molar-refractivity contribution in [1.82, 2.24) is 15.1 Å². The maximum Gasteiger partial charge on any atom is 0.219 e. The molecule has 1 atom stereocenters. The van der Waals surface area contributed by atoms with Crippen LogP contribution in [0.15, 0.2) is 0 Å². The minimum absolute atomic E-state index is 0.215. The molecule has 100 valence electrons. The summed E-state index contributed by atoms with van der Waals surface area (Å²) in [6.45, 7) is 13.3. The predicted octanol–water partition coefficient (Wildman–Crippen LogP) is 0.786. The van der Waals surface area contributed by atoms with Gasteiger partial charge in [0.15, 0.2) is 0 Å². The number of nitrogens with zero attached hydrogens (tertiary/aromatic N) is 2. The molecule has 0 bridgehead atoms. The van der Waals surface area contributed by atoms with Gasteiger partial charge in [0.05, 0.1) is 0 Å². The fourth-order valence-electron chi connectivity index (χ4n) is 2.36. The first-order valence-corrected chi connectivity index (χ1v) is 6.82. The molecule has 0 aromatic heterocycles. The monoisotopic (exact) mass is 241 g/mol. The van der Waals surface area contributed by atoms with Gasteiger partial charge in [-0.3, -0.25) is 4.79 Å². The average Bonchev–Trinajstić information content (AvgIpc) is 2.52. The summed E-state index contributed by atoms with van der Waals surface area (Å²) in [5.41, 5.74) is 0. The highest BCUT2D eigenvalue weighted by Gasteiger charge is 2.17. The Labute approximate surface area is 105 Å². The highest BCUT2D eigenvalue weighted by molar-refractivity contribution is 5.73. The number of carbonyl (C=O) groups excluding carboxylic acids is 1. The summed E-state index contributed by atoms with van der Waals surface area (Å²) in [6, 6.07) is 0. The molecule has 0 aromatic carbocycles. The molecule has 0 aliphatic carbocycles. The lowest BCUT2D eigenvalue weighted by Crippen LogP contribution is -2.37. The molecule has 1 unspecified atom stereocenters. The van der Waals surface area contributed by atoms with Gasteiger partial charge in [-0.25, -0.2) is 0 Å². The van der Waals surface area contributed by atoms with Crippen LogP contribution in [-0.2, 0) is 4.79 Å². The smallest absolute Gasteiger partial charge is 0.219 e. The van der Waals surface area contributed by atoms with E-state index in [1.165, 1.54) is 0 Å². The van der Waals surface area contributed by atoms with Gasteiger partial charge in [-0.1, -0.05) is 13.8 Å². The molecule has 0 aromatic rings. The Bertz CT molecular complexity index is 233. The van der Waals surface area contributed by atoms with E-state index in [0.717, 1.165) is 52.2 Å². The first-order valence-electron chi connectivity index (χ1n) is 6.82. The van der Waals surface area contributed by atoms with Crippen LogP contribution in [0.25, 0.3) is 0 Å². The molecule has 0 saturated carbocycles. The molecule has 1 N–H and O–H groups in total. The topological polar surface area (TPSA) is 35.6 Å². The van der Waals surface area contributed by atoms with Crippen LogP contribution in [0.4, 0.5) is 0 Å². The Morgan fingerprint density at radius 2 is 2.06 bits per heavy atom. The molecule has 1 fully saturated rings. The third-order valence-corrected chi connectivity index (χ3v) is 3.35. The number of hydrogen-bond donors (Lipinski definition) is 1. The van der Waals surface area contributed by atoms with Gasteiger partial charge in [0.25, 0.3) is 0 Å². The van der Waals surface area contributed by atoms with E-state index in [1.54, 1.807) is 6.92 Å². The number of rotatable bonds is 5. The molecule has 1 aliphatic rings. The second-order valence-electron chi connectivity index (χ2n) is 5.07. The standard InChI is InChI=1S/C13H27N3O/c1-4-14-10-12(2)11-15-6-5-7-16(9-8-15)13(3)17/h12,14H,4-11H2,1-3H3. The SMILES string of the molecule is CCNCC(C)CN1CCCN(C(C)=O)CC1. The van der Waals surface area contributed by atoms with E-state index in [1.807, 2.05) is 4.90 Å². The zero-order chi connectivity index (χ0) is 12.7. The fraction of sp³-hybridized carbons (Fsp3) is 0.923. The van der Waals surface area contributed by atoms with Crippen molar-refractivity contribution in [2.45, 2.75) is 27.2 Å². The van der Waals surface area contributed by atoms with Crippen molar-refractivity contribution in [2.24, 2.45) is 5.92 Å². The van der Waals surface area contributed by atoms with E-state index in [9.17, 15) is 4.79 Å². The van der Waals surface area contributed by atoms with Crippen molar-refractivity contribution in [2.75, 3.05) is 45.8 Å². The van der Waals surface area contributed by atoms with Crippen molar-refractivity contribution in [3.8, 4) is 0 Å². The summed E-state index contributed by atoms with van der Waals surface area (Å²) in [6.07, 6.45) is 1.10. The zero-order valence-electron chi connectivity index (χ0n) is 11.5. The van der Waals surface area contributed by atoms with Crippen LogP contribution in [0.1, 0.15) is 27.2 Å². The summed E-state index contributed by atoms with van der Waals surface area (Å²) in [5.74, 6) is 0.895. The Hall–Kier alpha value is -0.610. The van der Waals surface area contributed by atoms with E-state index in [-0.39, 0.29) is 5.91 Å². The van der Waals surface area contributed by atoms with Gasteiger partial charge in [-0.2, -0.15) is 0 Å². The van der Waals surface area contributed by atoms with Crippen LogP contribution in [0.2, 0.25) is 0 Å². The van der Waals surface area contributed by atoms with E-state index in [2.05, 4.69) is 24.1 Å². The number of carbonyl (C=O) groups is 1. The zero-order valence-corrected chi connectivity index (χ0v) is 11.5.